The number of piperazine rings is 1. The van der Waals surface area contributed by atoms with Crippen LogP contribution in [0.4, 0.5) is 4.39 Å². The van der Waals surface area contributed by atoms with Crippen molar-refractivity contribution in [1.82, 2.24) is 10.2 Å². The molecule has 0 bridgehead atoms. The van der Waals surface area contributed by atoms with Crippen LogP contribution in [0.1, 0.15) is 30.9 Å². The van der Waals surface area contributed by atoms with Gasteiger partial charge in [0.25, 0.3) is 0 Å². The summed E-state index contributed by atoms with van der Waals surface area (Å²) < 4.78 is 15.1. The quantitative estimate of drug-likeness (QED) is 0.912. The van der Waals surface area contributed by atoms with Crippen LogP contribution in [0.15, 0.2) is 22.7 Å². The molecule has 1 aliphatic carbocycles. The Kier molecular flexibility index (Phi) is 4.20. The lowest BCUT2D eigenvalue weighted by atomic mass is 9.98. The third-order valence-electron chi connectivity index (χ3n) is 4.17. The minimum absolute atomic E-state index is 0.0708. The molecule has 0 unspecified atom stereocenters. The van der Waals surface area contributed by atoms with E-state index in [9.17, 15) is 4.39 Å². The fourth-order valence-electron chi connectivity index (χ4n) is 2.91. The molecule has 2 nitrogen and oxygen atoms in total. The highest BCUT2D eigenvalue weighted by Crippen LogP contribution is 2.41. The maximum Gasteiger partial charge on any atom is 0.129 e. The number of nitrogens with one attached hydrogen (secondary N) is 1. The van der Waals surface area contributed by atoms with E-state index in [2.05, 4.69) is 26.1 Å². The van der Waals surface area contributed by atoms with E-state index >= 15 is 0 Å². The Balaban J connectivity index is 1.83. The summed E-state index contributed by atoms with van der Waals surface area (Å²) in [4.78, 5) is 2.45. The summed E-state index contributed by atoms with van der Waals surface area (Å²) in [6, 6.07) is 5.76. The Morgan fingerprint density at radius 3 is 2.68 bits per heavy atom. The lowest BCUT2D eigenvalue weighted by Gasteiger charge is -2.35. The Morgan fingerprint density at radius 2 is 2.05 bits per heavy atom. The molecule has 19 heavy (non-hydrogen) atoms. The van der Waals surface area contributed by atoms with Gasteiger partial charge in [-0.15, -0.1) is 0 Å². The lowest BCUT2D eigenvalue weighted by molar-refractivity contribution is 0.157. The number of benzene rings is 1. The highest BCUT2D eigenvalue weighted by Gasteiger charge is 2.31. The number of hydrogen-bond acceptors (Lipinski definition) is 2. The molecule has 1 aromatic carbocycles. The van der Waals surface area contributed by atoms with Gasteiger partial charge in [-0.25, -0.2) is 4.39 Å². The van der Waals surface area contributed by atoms with Gasteiger partial charge in [0.1, 0.15) is 5.82 Å². The fourth-order valence-corrected chi connectivity index (χ4v) is 3.24. The van der Waals surface area contributed by atoms with Crippen LogP contribution >= 0.6 is 15.9 Å². The van der Waals surface area contributed by atoms with Crippen molar-refractivity contribution in [1.29, 1.82) is 0 Å². The molecule has 1 saturated carbocycles. The molecule has 0 spiro atoms. The van der Waals surface area contributed by atoms with E-state index in [1.807, 2.05) is 12.1 Å². The van der Waals surface area contributed by atoms with Crippen LogP contribution in [-0.2, 0) is 0 Å². The van der Waals surface area contributed by atoms with Crippen molar-refractivity contribution < 1.29 is 4.39 Å². The summed E-state index contributed by atoms with van der Waals surface area (Å²) in [6.07, 6.45) is 3.75. The van der Waals surface area contributed by atoms with Crippen LogP contribution in [0.25, 0.3) is 0 Å². The molecule has 0 amide bonds. The minimum Gasteiger partial charge on any atom is -0.314 e. The summed E-state index contributed by atoms with van der Waals surface area (Å²) in [5, 5.41) is 3.37. The molecular weight excluding hydrogens is 307 g/mol. The first kappa shape index (κ1) is 13.5. The van der Waals surface area contributed by atoms with Crippen molar-refractivity contribution in [2.24, 2.45) is 5.92 Å². The number of hydrogen-bond donors (Lipinski definition) is 1. The molecule has 2 aliphatic rings. The average molecular weight is 327 g/mol. The van der Waals surface area contributed by atoms with Crippen molar-refractivity contribution in [3.8, 4) is 0 Å². The summed E-state index contributed by atoms with van der Waals surface area (Å²) in [5.74, 6) is 0.737. The third kappa shape index (κ3) is 3.36. The highest BCUT2D eigenvalue weighted by molar-refractivity contribution is 9.10. The Morgan fingerprint density at radius 1 is 1.32 bits per heavy atom. The van der Waals surface area contributed by atoms with Crippen LogP contribution < -0.4 is 5.32 Å². The predicted molar refractivity (Wildman–Crippen MR) is 78.6 cm³/mol. The first-order valence-corrected chi connectivity index (χ1v) is 7.93. The molecule has 1 saturated heterocycles. The maximum absolute atomic E-state index is 14.3. The normalized spacial score (nSPS) is 22.4. The van der Waals surface area contributed by atoms with Crippen molar-refractivity contribution >= 4 is 15.9 Å². The molecule has 1 N–H and O–H groups in total. The predicted octanol–water partition coefficient (Wildman–Crippen LogP) is 3.33. The monoisotopic (exact) mass is 326 g/mol. The second-order valence-corrected chi connectivity index (χ2v) is 6.56. The molecule has 1 atom stereocenters. The van der Waals surface area contributed by atoms with Crippen LogP contribution in [0.3, 0.4) is 0 Å². The standard InChI is InChI=1S/C15H20BrFN2/c16-12-3-4-13(14(17)10-12)15(9-11-1-2-11)19-7-5-18-6-8-19/h3-4,10-11,15,18H,1-2,5-9H2/t15-/m0/s1. The zero-order chi connectivity index (χ0) is 13.2. The van der Waals surface area contributed by atoms with Gasteiger partial charge in [-0.05, 0) is 24.5 Å². The Hall–Kier alpha value is -0.450. The summed E-state index contributed by atoms with van der Waals surface area (Å²) in [5.41, 5.74) is 0.872. The van der Waals surface area contributed by atoms with Gasteiger partial charge in [-0.2, -0.15) is 0 Å². The van der Waals surface area contributed by atoms with Crippen LogP contribution in [0.2, 0.25) is 0 Å². The first-order valence-electron chi connectivity index (χ1n) is 7.14. The topological polar surface area (TPSA) is 15.3 Å². The molecule has 104 valence electrons. The van der Waals surface area contributed by atoms with Gasteiger partial charge in [-0.1, -0.05) is 34.8 Å². The van der Waals surface area contributed by atoms with Gasteiger partial charge in [0, 0.05) is 42.3 Å². The molecule has 0 radical (unpaired) electrons. The van der Waals surface area contributed by atoms with Gasteiger partial charge in [-0.3, -0.25) is 4.90 Å². The third-order valence-corrected chi connectivity index (χ3v) is 4.66. The zero-order valence-electron chi connectivity index (χ0n) is 11.0. The molecule has 1 aliphatic heterocycles. The van der Waals surface area contributed by atoms with E-state index in [0.29, 0.717) is 0 Å². The second kappa shape index (κ2) is 5.90. The molecule has 1 heterocycles. The lowest BCUT2D eigenvalue weighted by Crippen LogP contribution is -2.45. The number of halogens is 2. The summed E-state index contributed by atoms with van der Waals surface area (Å²) in [7, 11) is 0. The van der Waals surface area contributed by atoms with Crippen LogP contribution in [0.5, 0.6) is 0 Å². The van der Waals surface area contributed by atoms with Gasteiger partial charge < -0.3 is 5.32 Å². The second-order valence-electron chi connectivity index (χ2n) is 5.65. The summed E-state index contributed by atoms with van der Waals surface area (Å²) in [6.45, 7) is 4.07. The maximum atomic E-state index is 14.3. The van der Waals surface area contributed by atoms with Gasteiger partial charge in [0.15, 0.2) is 0 Å². The zero-order valence-corrected chi connectivity index (χ0v) is 12.6. The van der Waals surface area contributed by atoms with Crippen molar-refractivity contribution in [2.45, 2.75) is 25.3 Å². The Bertz CT molecular complexity index is 442. The van der Waals surface area contributed by atoms with Crippen molar-refractivity contribution in [3.63, 3.8) is 0 Å². The van der Waals surface area contributed by atoms with Crippen molar-refractivity contribution in [3.05, 3.63) is 34.1 Å². The van der Waals surface area contributed by atoms with Gasteiger partial charge >= 0.3 is 0 Å². The van der Waals surface area contributed by atoms with E-state index < -0.39 is 0 Å². The Labute approximate surface area is 122 Å². The molecule has 3 rings (SSSR count). The van der Waals surface area contributed by atoms with Gasteiger partial charge in [0.2, 0.25) is 0 Å². The largest absolute Gasteiger partial charge is 0.314 e. The molecule has 2 fully saturated rings. The average Bonchev–Trinajstić information content (AvgIpc) is 3.22. The molecule has 0 aromatic heterocycles. The first-order chi connectivity index (χ1) is 9.24. The van der Waals surface area contributed by atoms with Crippen LogP contribution in [-0.4, -0.2) is 31.1 Å². The van der Waals surface area contributed by atoms with Crippen molar-refractivity contribution in [2.75, 3.05) is 26.2 Å². The molecule has 4 heteroatoms. The number of nitrogens with zero attached hydrogens (tertiary/aromatic N) is 1. The van der Waals surface area contributed by atoms with E-state index in [1.165, 1.54) is 12.8 Å². The number of rotatable bonds is 4. The SMILES string of the molecule is Fc1cc(Br)ccc1[C@H](CC1CC1)N1CCNCC1. The smallest absolute Gasteiger partial charge is 0.129 e. The van der Waals surface area contributed by atoms with E-state index in [0.717, 1.165) is 48.6 Å². The van der Waals surface area contributed by atoms with Gasteiger partial charge in [0.05, 0.1) is 0 Å². The van der Waals surface area contributed by atoms with E-state index in [4.69, 9.17) is 0 Å². The molecular formula is C15H20BrFN2. The highest BCUT2D eigenvalue weighted by atomic mass is 79.9. The van der Waals surface area contributed by atoms with Crippen LogP contribution in [0, 0.1) is 11.7 Å². The fraction of sp³-hybridized carbons (Fsp3) is 0.600. The minimum atomic E-state index is -0.0708. The summed E-state index contributed by atoms with van der Waals surface area (Å²) >= 11 is 3.34. The molecule has 1 aromatic rings. The van der Waals surface area contributed by atoms with E-state index in [1.54, 1.807) is 6.07 Å². The van der Waals surface area contributed by atoms with E-state index in [-0.39, 0.29) is 11.9 Å².